The van der Waals surface area contributed by atoms with E-state index in [1.54, 1.807) is 0 Å². The first-order valence-corrected chi connectivity index (χ1v) is 6.79. The molecule has 5 heteroatoms. The zero-order valence-electron chi connectivity index (χ0n) is 10.8. The van der Waals surface area contributed by atoms with Crippen molar-refractivity contribution in [2.45, 2.75) is 51.1 Å². The van der Waals surface area contributed by atoms with Crippen molar-refractivity contribution in [3.63, 3.8) is 0 Å². The van der Waals surface area contributed by atoms with Gasteiger partial charge in [-0.15, -0.1) is 0 Å². The van der Waals surface area contributed by atoms with Gasteiger partial charge in [-0.25, -0.2) is 0 Å². The van der Waals surface area contributed by atoms with Gasteiger partial charge in [0.1, 0.15) is 0 Å². The van der Waals surface area contributed by atoms with Crippen molar-refractivity contribution in [1.29, 1.82) is 0 Å². The van der Waals surface area contributed by atoms with Gasteiger partial charge in [0.15, 0.2) is 0 Å². The highest BCUT2D eigenvalue weighted by atomic mass is 16.1. The van der Waals surface area contributed by atoms with Gasteiger partial charge in [-0.1, -0.05) is 19.3 Å². The summed E-state index contributed by atoms with van der Waals surface area (Å²) in [6, 6.07) is 2.63. The Morgan fingerprint density at radius 1 is 1.44 bits per heavy atom. The SMILES string of the molecule is NC(=O)CCNCc1ccn(C2CCCCC2)n1. The largest absolute Gasteiger partial charge is 0.370 e. The smallest absolute Gasteiger partial charge is 0.218 e. The summed E-state index contributed by atoms with van der Waals surface area (Å²) in [6.07, 6.45) is 8.93. The zero-order valence-corrected chi connectivity index (χ0v) is 10.8. The Balaban J connectivity index is 1.76. The lowest BCUT2D eigenvalue weighted by Crippen LogP contribution is -2.22. The van der Waals surface area contributed by atoms with Crippen LogP contribution >= 0.6 is 0 Å². The quantitative estimate of drug-likeness (QED) is 0.749. The number of carbonyl (C=O) groups excluding carboxylic acids is 1. The highest BCUT2D eigenvalue weighted by Gasteiger charge is 2.15. The van der Waals surface area contributed by atoms with Crippen LogP contribution in [0.3, 0.4) is 0 Å². The number of hydrogen-bond donors (Lipinski definition) is 2. The summed E-state index contributed by atoms with van der Waals surface area (Å²) in [6.45, 7) is 1.32. The van der Waals surface area contributed by atoms with Crippen molar-refractivity contribution in [2.75, 3.05) is 6.54 Å². The number of rotatable bonds is 6. The van der Waals surface area contributed by atoms with Gasteiger partial charge >= 0.3 is 0 Å². The van der Waals surface area contributed by atoms with Crippen LogP contribution in [-0.4, -0.2) is 22.2 Å². The molecule has 1 amide bonds. The van der Waals surface area contributed by atoms with Crippen molar-refractivity contribution in [3.8, 4) is 0 Å². The van der Waals surface area contributed by atoms with Gasteiger partial charge in [0, 0.05) is 25.7 Å². The van der Waals surface area contributed by atoms with Crippen molar-refractivity contribution in [2.24, 2.45) is 5.73 Å². The number of carbonyl (C=O) groups is 1. The van der Waals surface area contributed by atoms with Crippen LogP contribution < -0.4 is 11.1 Å². The second-order valence-electron chi connectivity index (χ2n) is 4.97. The molecule has 0 unspecified atom stereocenters. The Morgan fingerprint density at radius 3 is 2.94 bits per heavy atom. The first-order chi connectivity index (χ1) is 8.75. The maximum atomic E-state index is 10.6. The Labute approximate surface area is 108 Å². The third kappa shape index (κ3) is 3.84. The summed E-state index contributed by atoms with van der Waals surface area (Å²) in [4.78, 5) is 10.6. The van der Waals surface area contributed by atoms with Gasteiger partial charge in [-0.2, -0.15) is 5.10 Å². The van der Waals surface area contributed by atoms with Gasteiger partial charge < -0.3 is 11.1 Å². The van der Waals surface area contributed by atoms with E-state index in [2.05, 4.69) is 21.3 Å². The summed E-state index contributed by atoms with van der Waals surface area (Å²) in [7, 11) is 0. The van der Waals surface area contributed by atoms with E-state index in [0.29, 0.717) is 25.6 Å². The van der Waals surface area contributed by atoms with Gasteiger partial charge in [0.25, 0.3) is 0 Å². The molecule has 2 rings (SSSR count). The molecule has 1 fully saturated rings. The third-order valence-corrected chi connectivity index (χ3v) is 3.47. The van der Waals surface area contributed by atoms with E-state index in [1.165, 1.54) is 32.1 Å². The number of aromatic nitrogens is 2. The lowest BCUT2D eigenvalue weighted by molar-refractivity contribution is -0.117. The van der Waals surface area contributed by atoms with Crippen LogP contribution in [0, 0.1) is 0 Å². The standard InChI is InChI=1S/C13H22N4O/c14-13(18)6-8-15-10-11-7-9-17(16-11)12-4-2-1-3-5-12/h7,9,12,15H,1-6,8,10H2,(H2,14,18). The van der Waals surface area contributed by atoms with E-state index in [4.69, 9.17) is 5.73 Å². The van der Waals surface area contributed by atoms with E-state index in [-0.39, 0.29) is 5.91 Å². The van der Waals surface area contributed by atoms with Crippen molar-refractivity contribution in [1.82, 2.24) is 15.1 Å². The lowest BCUT2D eigenvalue weighted by Gasteiger charge is -2.21. The molecule has 0 aliphatic heterocycles. The van der Waals surface area contributed by atoms with Crippen LogP contribution in [-0.2, 0) is 11.3 Å². The Hall–Kier alpha value is -1.36. The fourth-order valence-electron chi connectivity index (χ4n) is 2.45. The fraction of sp³-hybridized carbons (Fsp3) is 0.692. The predicted octanol–water partition coefficient (Wildman–Crippen LogP) is 1.35. The first-order valence-electron chi connectivity index (χ1n) is 6.79. The molecule has 0 spiro atoms. The van der Waals surface area contributed by atoms with Crippen LogP contribution in [0.15, 0.2) is 12.3 Å². The number of amides is 1. The van der Waals surface area contributed by atoms with Crippen molar-refractivity contribution < 1.29 is 4.79 Å². The van der Waals surface area contributed by atoms with Crippen molar-refractivity contribution >= 4 is 5.91 Å². The van der Waals surface area contributed by atoms with E-state index in [1.807, 2.05) is 6.07 Å². The molecule has 0 bridgehead atoms. The summed E-state index contributed by atoms with van der Waals surface area (Å²) in [5, 5.41) is 7.76. The first kappa shape index (κ1) is 13.1. The molecule has 0 saturated heterocycles. The molecule has 5 nitrogen and oxygen atoms in total. The molecule has 1 aromatic heterocycles. The highest BCUT2D eigenvalue weighted by molar-refractivity contribution is 5.73. The summed E-state index contributed by atoms with van der Waals surface area (Å²) >= 11 is 0. The minimum Gasteiger partial charge on any atom is -0.370 e. The number of nitrogens with one attached hydrogen (secondary N) is 1. The molecule has 1 saturated carbocycles. The van der Waals surface area contributed by atoms with Crippen LogP contribution in [0.25, 0.3) is 0 Å². The molecular formula is C13H22N4O. The average molecular weight is 250 g/mol. The highest BCUT2D eigenvalue weighted by Crippen LogP contribution is 2.27. The Bertz CT molecular complexity index is 382. The summed E-state index contributed by atoms with van der Waals surface area (Å²) in [5.41, 5.74) is 6.11. The molecule has 1 aromatic rings. The van der Waals surface area contributed by atoms with Gasteiger partial charge in [-0.3, -0.25) is 9.48 Å². The van der Waals surface area contributed by atoms with Crippen LogP contribution in [0.2, 0.25) is 0 Å². The van der Waals surface area contributed by atoms with E-state index in [9.17, 15) is 4.79 Å². The van der Waals surface area contributed by atoms with Gasteiger partial charge in [0.2, 0.25) is 5.91 Å². The maximum absolute atomic E-state index is 10.6. The predicted molar refractivity (Wildman–Crippen MR) is 69.9 cm³/mol. The zero-order chi connectivity index (χ0) is 12.8. The van der Waals surface area contributed by atoms with E-state index < -0.39 is 0 Å². The summed E-state index contributed by atoms with van der Waals surface area (Å²) < 4.78 is 2.10. The molecule has 1 heterocycles. The maximum Gasteiger partial charge on any atom is 0.218 e. The topological polar surface area (TPSA) is 72.9 Å². The normalized spacial score (nSPS) is 16.9. The number of nitrogens with two attached hydrogens (primary N) is 1. The second kappa shape index (κ2) is 6.54. The van der Waals surface area contributed by atoms with Gasteiger partial charge in [-0.05, 0) is 18.9 Å². The molecule has 1 aliphatic carbocycles. The number of primary amides is 1. The Kier molecular flexibility index (Phi) is 4.75. The molecule has 0 radical (unpaired) electrons. The molecule has 100 valence electrons. The molecule has 18 heavy (non-hydrogen) atoms. The molecule has 1 aliphatic rings. The minimum atomic E-state index is -0.268. The molecule has 3 N–H and O–H groups in total. The van der Waals surface area contributed by atoms with Gasteiger partial charge in [0.05, 0.1) is 11.7 Å². The van der Waals surface area contributed by atoms with Crippen LogP contribution in [0.4, 0.5) is 0 Å². The van der Waals surface area contributed by atoms with E-state index in [0.717, 1.165) is 5.69 Å². The molecular weight excluding hydrogens is 228 g/mol. The minimum absolute atomic E-state index is 0.268. The number of hydrogen-bond acceptors (Lipinski definition) is 3. The van der Waals surface area contributed by atoms with E-state index >= 15 is 0 Å². The third-order valence-electron chi connectivity index (χ3n) is 3.47. The fourth-order valence-corrected chi connectivity index (χ4v) is 2.45. The monoisotopic (exact) mass is 250 g/mol. The molecule has 0 aromatic carbocycles. The lowest BCUT2D eigenvalue weighted by atomic mass is 9.96. The number of nitrogens with zero attached hydrogens (tertiary/aromatic N) is 2. The Morgan fingerprint density at radius 2 is 2.22 bits per heavy atom. The van der Waals surface area contributed by atoms with Crippen LogP contribution in [0.5, 0.6) is 0 Å². The second-order valence-corrected chi connectivity index (χ2v) is 4.97. The van der Waals surface area contributed by atoms with Crippen molar-refractivity contribution in [3.05, 3.63) is 18.0 Å². The summed E-state index contributed by atoms with van der Waals surface area (Å²) in [5.74, 6) is -0.268. The molecule has 0 atom stereocenters. The average Bonchev–Trinajstić information content (AvgIpc) is 2.84. The van der Waals surface area contributed by atoms with Crippen LogP contribution in [0.1, 0.15) is 50.3 Å².